The van der Waals surface area contributed by atoms with Crippen LogP contribution in [0, 0.1) is 0 Å². The molecule has 0 saturated heterocycles. The first-order chi connectivity index (χ1) is 12.2. The van der Waals surface area contributed by atoms with Crippen LogP contribution in [0.2, 0.25) is 5.02 Å². The minimum Gasteiger partial charge on any atom is -0.0843 e. The summed E-state index contributed by atoms with van der Waals surface area (Å²) in [7, 11) is 0. The predicted octanol–water partition coefficient (Wildman–Crippen LogP) is 7.61. The largest absolute Gasteiger partial charge is 0.0843 e. The molecule has 0 aromatic heterocycles. The number of hydrogen-bond donors (Lipinski definition) is 0. The summed E-state index contributed by atoms with van der Waals surface area (Å²) in [5.74, 6) is 0. The Morgan fingerprint density at radius 1 is 0.769 bits per heavy atom. The van der Waals surface area contributed by atoms with Crippen molar-refractivity contribution < 1.29 is 0 Å². The van der Waals surface area contributed by atoms with Crippen LogP contribution in [0.25, 0.3) is 22.3 Å². The third-order valence-electron chi connectivity index (χ3n) is 5.66. The van der Waals surface area contributed by atoms with Gasteiger partial charge in [-0.1, -0.05) is 94.8 Å². The molecule has 0 atom stereocenters. The number of rotatable bonds is 1. The molecular formula is C25H25Cl. The van der Waals surface area contributed by atoms with E-state index in [1.54, 1.807) is 0 Å². The first-order valence-corrected chi connectivity index (χ1v) is 9.62. The molecular weight excluding hydrogens is 336 g/mol. The summed E-state index contributed by atoms with van der Waals surface area (Å²) in [4.78, 5) is 0. The summed E-state index contributed by atoms with van der Waals surface area (Å²) in [5.41, 5.74) is 9.42. The van der Waals surface area contributed by atoms with Gasteiger partial charge in [0.1, 0.15) is 0 Å². The topological polar surface area (TPSA) is 0 Å². The quantitative estimate of drug-likeness (QED) is 0.418. The summed E-state index contributed by atoms with van der Waals surface area (Å²) in [6, 6.07) is 21.9. The van der Waals surface area contributed by atoms with Crippen LogP contribution in [0.5, 0.6) is 0 Å². The van der Waals surface area contributed by atoms with Gasteiger partial charge in [0.25, 0.3) is 0 Å². The van der Waals surface area contributed by atoms with Crippen molar-refractivity contribution in [3.63, 3.8) is 0 Å². The molecule has 0 unspecified atom stereocenters. The Labute approximate surface area is 161 Å². The number of fused-ring (bicyclic) bond motifs is 3. The van der Waals surface area contributed by atoms with E-state index in [9.17, 15) is 0 Å². The van der Waals surface area contributed by atoms with E-state index in [1.807, 2.05) is 6.07 Å². The summed E-state index contributed by atoms with van der Waals surface area (Å²) in [6.45, 7) is 11.5. The van der Waals surface area contributed by atoms with E-state index in [0.29, 0.717) is 0 Å². The van der Waals surface area contributed by atoms with Crippen molar-refractivity contribution in [2.75, 3.05) is 0 Å². The van der Waals surface area contributed by atoms with Crippen LogP contribution >= 0.6 is 11.6 Å². The average Bonchev–Trinajstić information content (AvgIpc) is 2.82. The standard InChI is InChI=1S/C25H25Cl/c1-24(2,3)17-13-20(16-9-7-6-8-10-16)23-21(14-17)19-12-11-18(26)15-22(19)25(23,4)5/h6-15H,1-5H3. The normalized spacial score (nSPS) is 14.8. The molecule has 3 aromatic carbocycles. The fraction of sp³-hybridized carbons (Fsp3) is 0.280. The molecule has 0 spiro atoms. The molecule has 4 rings (SSSR count). The molecule has 0 saturated carbocycles. The van der Waals surface area contributed by atoms with Crippen LogP contribution in [0.15, 0.2) is 60.7 Å². The van der Waals surface area contributed by atoms with Crippen molar-refractivity contribution in [2.24, 2.45) is 0 Å². The summed E-state index contributed by atoms with van der Waals surface area (Å²) in [5, 5.41) is 0.807. The molecule has 0 heterocycles. The molecule has 1 aliphatic rings. The van der Waals surface area contributed by atoms with Gasteiger partial charge in [-0.3, -0.25) is 0 Å². The number of halogens is 1. The van der Waals surface area contributed by atoms with Crippen LogP contribution < -0.4 is 0 Å². The second-order valence-electron chi connectivity index (χ2n) is 8.88. The van der Waals surface area contributed by atoms with Gasteiger partial charge in [-0.05, 0) is 56.5 Å². The Morgan fingerprint density at radius 2 is 1.42 bits per heavy atom. The van der Waals surface area contributed by atoms with E-state index >= 15 is 0 Å². The van der Waals surface area contributed by atoms with Crippen molar-refractivity contribution in [2.45, 2.75) is 45.4 Å². The lowest BCUT2D eigenvalue weighted by molar-refractivity contribution is 0.589. The van der Waals surface area contributed by atoms with E-state index in [4.69, 9.17) is 11.6 Å². The third kappa shape index (κ3) is 2.59. The highest BCUT2D eigenvalue weighted by Gasteiger charge is 2.38. The van der Waals surface area contributed by atoms with Crippen LogP contribution in [0.3, 0.4) is 0 Å². The average molecular weight is 361 g/mol. The Bertz CT molecular complexity index is 989. The van der Waals surface area contributed by atoms with E-state index in [0.717, 1.165) is 5.02 Å². The summed E-state index contributed by atoms with van der Waals surface area (Å²) < 4.78 is 0. The van der Waals surface area contributed by atoms with Gasteiger partial charge in [0.05, 0.1) is 0 Å². The van der Waals surface area contributed by atoms with Gasteiger partial charge in [0, 0.05) is 10.4 Å². The van der Waals surface area contributed by atoms with E-state index in [2.05, 4.69) is 89.2 Å². The number of benzene rings is 3. The van der Waals surface area contributed by atoms with Gasteiger partial charge < -0.3 is 0 Å². The Hall–Kier alpha value is -2.05. The Morgan fingerprint density at radius 3 is 2.08 bits per heavy atom. The van der Waals surface area contributed by atoms with Gasteiger partial charge >= 0.3 is 0 Å². The first-order valence-electron chi connectivity index (χ1n) is 9.24. The second-order valence-corrected chi connectivity index (χ2v) is 9.31. The molecule has 1 aliphatic carbocycles. The second kappa shape index (κ2) is 5.72. The molecule has 0 bridgehead atoms. The maximum atomic E-state index is 6.35. The molecule has 1 heteroatoms. The van der Waals surface area contributed by atoms with Crippen molar-refractivity contribution in [3.05, 3.63) is 82.4 Å². The number of hydrogen-bond acceptors (Lipinski definition) is 0. The minimum absolute atomic E-state index is 0.0723. The van der Waals surface area contributed by atoms with E-state index in [1.165, 1.54) is 38.9 Å². The summed E-state index contributed by atoms with van der Waals surface area (Å²) >= 11 is 6.35. The first kappa shape index (κ1) is 17.4. The highest BCUT2D eigenvalue weighted by Crippen LogP contribution is 2.53. The lowest BCUT2D eigenvalue weighted by Crippen LogP contribution is -2.18. The fourth-order valence-corrected chi connectivity index (χ4v) is 4.38. The maximum absolute atomic E-state index is 6.35. The highest BCUT2D eigenvalue weighted by atomic mass is 35.5. The van der Waals surface area contributed by atoms with Gasteiger partial charge in [-0.15, -0.1) is 0 Å². The van der Waals surface area contributed by atoms with Gasteiger partial charge in [-0.2, -0.15) is 0 Å². The van der Waals surface area contributed by atoms with Crippen molar-refractivity contribution in [1.29, 1.82) is 0 Å². The van der Waals surface area contributed by atoms with Crippen LogP contribution in [0.1, 0.15) is 51.3 Å². The molecule has 132 valence electrons. The minimum atomic E-state index is -0.0723. The zero-order chi connectivity index (χ0) is 18.7. The maximum Gasteiger partial charge on any atom is 0.0409 e. The molecule has 0 amide bonds. The lowest BCUT2D eigenvalue weighted by atomic mass is 9.76. The monoisotopic (exact) mass is 360 g/mol. The molecule has 0 fully saturated rings. The Balaban J connectivity index is 2.11. The SMILES string of the molecule is CC(C)(C)c1cc(-c2ccccc2)c2c(c1)-c1ccc(Cl)cc1C2(C)C. The third-order valence-corrected chi connectivity index (χ3v) is 5.89. The van der Waals surface area contributed by atoms with Crippen LogP contribution in [0.4, 0.5) is 0 Å². The van der Waals surface area contributed by atoms with Crippen molar-refractivity contribution in [3.8, 4) is 22.3 Å². The zero-order valence-corrected chi connectivity index (χ0v) is 16.9. The van der Waals surface area contributed by atoms with E-state index in [-0.39, 0.29) is 10.8 Å². The van der Waals surface area contributed by atoms with Crippen molar-refractivity contribution >= 4 is 11.6 Å². The fourth-order valence-electron chi connectivity index (χ4n) is 4.21. The predicted molar refractivity (Wildman–Crippen MR) is 113 cm³/mol. The molecule has 3 aromatic rings. The van der Waals surface area contributed by atoms with E-state index < -0.39 is 0 Å². The summed E-state index contributed by atoms with van der Waals surface area (Å²) in [6.07, 6.45) is 0. The van der Waals surface area contributed by atoms with Gasteiger partial charge in [0.15, 0.2) is 0 Å². The highest BCUT2D eigenvalue weighted by molar-refractivity contribution is 6.30. The van der Waals surface area contributed by atoms with Gasteiger partial charge in [-0.25, -0.2) is 0 Å². The smallest absolute Gasteiger partial charge is 0.0409 e. The molecule has 0 N–H and O–H groups in total. The zero-order valence-electron chi connectivity index (χ0n) is 16.2. The molecule has 0 aliphatic heterocycles. The Kier molecular flexibility index (Phi) is 3.82. The molecule has 0 nitrogen and oxygen atoms in total. The van der Waals surface area contributed by atoms with Crippen molar-refractivity contribution in [1.82, 2.24) is 0 Å². The van der Waals surface area contributed by atoms with Crippen LogP contribution in [-0.2, 0) is 10.8 Å². The van der Waals surface area contributed by atoms with Gasteiger partial charge in [0.2, 0.25) is 0 Å². The molecule has 26 heavy (non-hydrogen) atoms. The van der Waals surface area contributed by atoms with Crippen LogP contribution in [-0.4, -0.2) is 0 Å². The lowest BCUT2D eigenvalue weighted by Gasteiger charge is -2.27. The molecule has 0 radical (unpaired) electrons.